The molecule has 1 fully saturated rings. The molecule has 4 heteroatoms. The van der Waals surface area contributed by atoms with Gasteiger partial charge in [-0.25, -0.2) is 0 Å². The highest BCUT2D eigenvalue weighted by Gasteiger charge is 2.22. The SMILES string of the molecule is O=C(CSc1ccccc1)NC1CCCCCC1Br. The third kappa shape index (κ3) is 5.19. The Labute approximate surface area is 127 Å². The zero-order valence-corrected chi connectivity index (χ0v) is 13.4. The molecule has 0 aliphatic heterocycles. The van der Waals surface area contributed by atoms with Crippen molar-refractivity contribution in [1.82, 2.24) is 5.32 Å². The van der Waals surface area contributed by atoms with E-state index in [1.54, 1.807) is 11.8 Å². The van der Waals surface area contributed by atoms with Gasteiger partial charge in [0.1, 0.15) is 0 Å². The molecule has 0 spiro atoms. The van der Waals surface area contributed by atoms with Crippen molar-refractivity contribution in [2.45, 2.75) is 47.9 Å². The first kappa shape index (κ1) is 14.9. The Hall–Kier alpha value is -0.480. The van der Waals surface area contributed by atoms with E-state index in [2.05, 4.69) is 21.2 Å². The summed E-state index contributed by atoms with van der Waals surface area (Å²) >= 11 is 5.30. The smallest absolute Gasteiger partial charge is 0.230 e. The number of halogens is 1. The fourth-order valence-corrected chi connectivity index (χ4v) is 3.79. The van der Waals surface area contributed by atoms with Crippen molar-refractivity contribution < 1.29 is 4.79 Å². The van der Waals surface area contributed by atoms with Gasteiger partial charge in [0.05, 0.1) is 5.75 Å². The van der Waals surface area contributed by atoms with Crippen molar-refractivity contribution >= 4 is 33.6 Å². The molecule has 0 bridgehead atoms. The van der Waals surface area contributed by atoms with Crippen molar-refractivity contribution in [1.29, 1.82) is 0 Å². The Morgan fingerprint density at radius 2 is 1.95 bits per heavy atom. The minimum atomic E-state index is 0.144. The Morgan fingerprint density at radius 3 is 2.74 bits per heavy atom. The maximum absolute atomic E-state index is 12.0. The van der Waals surface area contributed by atoms with Crippen molar-refractivity contribution in [3.63, 3.8) is 0 Å². The van der Waals surface area contributed by atoms with Gasteiger partial charge < -0.3 is 5.32 Å². The molecule has 1 saturated carbocycles. The quantitative estimate of drug-likeness (QED) is 0.509. The predicted octanol–water partition coefficient (Wildman–Crippen LogP) is 3.99. The minimum absolute atomic E-state index is 0.144. The number of amides is 1. The van der Waals surface area contributed by atoms with Crippen LogP contribution in [0.2, 0.25) is 0 Å². The molecule has 1 aliphatic carbocycles. The van der Waals surface area contributed by atoms with Gasteiger partial charge in [0, 0.05) is 15.8 Å². The highest BCUT2D eigenvalue weighted by atomic mass is 79.9. The summed E-state index contributed by atoms with van der Waals surface area (Å²) in [5, 5.41) is 3.17. The lowest BCUT2D eigenvalue weighted by Gasteiger charge is -2.21. The van der Waals surface area contributed by atoms with Crippen LogP contribution in [0.1, 0.15) is 32.1 Å². The molecule has 0 saturated heterocycles. The maximum atomic E-state index is 12.0. The Morgan fingerprint density at radius 1 is 1.21 bits per heavy atom. The molecule has 1 aromatic rings. The van der Waals surface area contributed by atoms with E-state index in [-0.39, 0.29) is 5.91 Å². The summed E-state index contributed by atoms with van der Waals surface area (Å²) in [6.45, 7) is 0. The Balaban J connectivity index is 1.77. The van der Waals surface area contributed by atoms with E-state index in [0.717, 1.165) is 17.7 Å². The number of carbonyl (C=O) groups is 1. The monoisotopic (exact) mass is 341 g/mol. The van der Waals surface area contributed by atoms with Crippen LogP contribution in [0.15, 0.2) is 35.2 Å². The number of benzene rings is 1. The average molecular weight is 342 g/mol. The summed E-state index contributed by atoms with van der Waals surface area (Å²) in [5.74, 6) is 0.644. The zero-order valence-electron chi connectivity index (χ0n) is 11.0. The Bertz CT molecular complexity index is 398. The second-order valence-electron chi connectivity index (χ2n) is 4.93. The molecular formula is C15H20BrNOS. The molecule has 2 rings (SSSR count). The average Bonchev–Trinajstić information content (AvgIpc) is 2.63. The van der Waals surface area contributed by atoms with Crippen LogP contribution in [0.4, 0.5) is 0 Å². The second kappa shape index (κ2) is 7.95. The van der Waals surface area contributed by atoms with Gasteiger partial charge in [-0.3, -0.25) is 4.79 Å². The normalized spacial score (nSPS) is 23.6. The summed E-state index contributed by atoms with van der Waals surface area (Å²) in [6, 6.07) is 10.4. The summed E-state index contributed by atoms with van der Waals surface area (Å²) in [6.07, 6.45) is 6.03. The van der Waals surface area contributed by atoms with Gasteiger partial charge in [0.25, 0.3) is 0 Å². The van der Waals surface area contributed by atoms with E-state index in [9.17, 15) is 4.79 Å². The molecule has 1 aliphatic rings. The van der Waals surface area contributed by atoms with Gasteiger partial charge >= 0.3 is 0 Å². The predicted molar refractivity (Wildman–Crippen MR) is 84.9 cm³/mol. The highest BCUT2D eigenvalue weighted by molar-refractivity contribution is 9.09. The third-order valence-electron chi connectivity index (χ3n) is 3.39. The fraction of sp³-hybridized carbons (Fsp3) is 0.533. The van der Waals surface area contributed by atoms with E-state index < -0.39 is 0 Å². The molecule has 0 aromatic heterocycles. The van der Waals surface area contributed by atoms with Crippen molar-refractivity contribution in [3.8, 4) is 0 Å². The first-order chi connectivity index (χ1) is 9.25. The van der Waals surface area contributed by atoms with Crippen LogP contribution >= 0.6 is 27.7 Å². The number of nitrogens with one attached hydrogen (secondary N) is 1. The van der Waals surface area contributed by atoms with E-state index in [0.29, 0.717) is 16.6 Å². The summed E-state index contributed by atoms with van der Waals surface area (Å²) in [7, 11) is 0. The zero-order chi connectivity index (χ0) is 13.5. The minimum Gasteiger partial charge on any atom is -0.352 e. The summed E-state index contributed by atoms with van der Waals surface area (Å²) < 4.78 is 0. The van der Waals surface area contributed by atoms with Crippen LogP contribution in [-0.2, 0) is 4.79 Å². The maximum Gasteiger partial charge on any atom is 0.230 e. The lowest BCUT2D eigenvalue weighted by atomic mass is 10.1. The Kier molecular flexibility index (Phi) is 6.24. The van der Waals surface area contributed by atoms with Crippen LogP contribution in [0, 0.1) is 0 Å². The summed E-state index contributed by atoms with van der Waals surface area (Å²) in [4.78, 5) is 13.6. The van der Waals surface area contributed by atoms with Crippen LogP contribution < -0.4 is 5.32 Å². The van der Waals surface area contributed by atoms with E-state index in [1.807, 2.05) is 30.3 Å². The number of thioether (sulfide) groups is 1. The molecule has 2 unspecified atom stereocenters. The molecule has 2 nitrogen and oxygen atoms in total. The van der Waals surface area contributed by atoms with Crippen LogP contribution in [0.3, 0.4) is 0 Å². The summed E-state index contributed by atoms with van der Waals surface area (Å²) in [5.41, 5.74) is 0. The van der Waals surface area contributed by atoms with Crippen molar-refractivity contribution in [2.24, 2.45) is 0 Å². The highest BCUT2D eigenvalue weighted by Crippen LogP contribution is 2.24. The lowest BCUT2D eigenvalue weighted by Crippen LogP contribution is -2.41. The number of rotatable bonds is 4. The first-order valence-corrected chi connectivity index (χ1v) is 8.77. The van der Waals surface area contributed by atoms with Crippen LogP contribution in [0.5, 0.6) is 0 Å². The third-order valence-corrected chi connectivity index (χ3v) is 5.50. The van der Waals surface area contributed by atoms with Crippen molar-refractivity contribution in [3.05, 3.63) is 30.3 Å². The number of alkyl halides is 1. The van der Waals surface area contributed by atoms with Gasteiger partial charge in [-0.05, 0) is 25.0 Å². The molecule has 1 N–H and O–H groups in total. The topological polar surface area (TPSA) is 29.1 Å². The standard InChI is InChI=1S/C15H20BrNOS/c16-13-9-5-2-6-10-14(13)17-15(18)11-19-12-7-3-1-4-8-12/h1,3-4,7-8,13-14H,2,5-6,9-11H2,(H,17,18). The second-order valence-corrected chi connectivity index (χ2v) is 7.15. The molecule has 2 atom stereocenters. The van der Waals surface area contributed by atoms with Gasteiger partial charge in [0.15, 0.2) is 0 Å². The first-order valence-electron chi connectivity index (χ1n) is 6.87. The molecule has 1 aromatic carbocycles. The largest absolute Gasteiger partial charge is 0.352 e. The fourth-order valence-electron chi connectivity index (χ4n) is 2.34. The van der Waals surface area contributed by atoms with E-state index in [1.165, 1.54) is 19.3 Å². The van der Waals surface area contributed by atoms with Gasteiger partial charge in [-0.15, -0.1) is 11.8 Å². The van der Waals surface area contributed by atoms with Crippen LogP contribution in [-0.4, -0.2) is 22.5 Å². The van der Waals surface area contributed by atoms with Gasteiger partial charge in [0.2, 0.25) is 5.91 Å². The molecule has 1 amide bonds. The van der Waals surface area contributed by atoms with Gasteiger partial charge in [-0.2, -0.15) is 0 Å². The molecule has 19 heavy (non-hydrogen) atoms. The number of hydrogen-bond donors (Lipinski definition) is 1. The molecule has 0 heterocycles. The molecule has 0 radical (unpaired) electrons. The molecule has 104 valence electrons. The van der Waals surface area contributed by atoms with E-state index in [4.69, 9.17) is 0 Å². The van der Waals surface area contributed by atoms with E-state index >= 15 is 0 Å². The lowest BCUT2D eigenvalue weighted by molar-refractivity contribution is -0.119. The number of carbonyl (C=O) groups excluding carboxylic acids is 1. The van der Waals surface area contributed by atoms with Gasteiger partial charge in [-0.1, -0.05) is 53.4 Å². The van der Waals surface area contributed by atoms with Crippen molar-refractivity contribution in [2.75, 3.05) is 5.75 Å². The van der Waals surface area contributed by atoms with Crippen LogP contribution in [0.25, 0.3) is 0 Å². The number of hydrogen-bond acceptors (Lipinski definition) is 2. The molecular weight excluding hydrogens is 322 g/mol.